The van der Waals surface area contributed by atoms with E-state index < -0.39 is 17.5 Å². The van der Waals surface area contributed by atoms with Gasteiger partial charge in [-0.25, -0.2) is 0 Å². The maximum absolute atomic E-state index is 12.2. The van der Waals surface area contributed by atoms with Gasteiger partial charge in [-0.1, -0.05) is 103 Å². The van der Waals surface area contributed by atoms with Crippen molar-refractivity contribution in [3.8, 4) is 0 Å². The summed E-state index contributed by atoms with van der Waals surface area (Å²) in [6.45, 7) is 2.27. The van der Waals surface area contributed by atoms with E-state index in [2.05, 4.69) is 12.2 Å². The average molecular weight is 446 g/mol. The molecular weight excluding hydrogens is 406 g/mol. The van der Waals surface area contributed by atoms with Crippen molar-refractivity contribution in [3.63, 3.8) is 0 Å². The summed E-state index contributed by atoms with van der Waals surface area (Å²) in [5.74, 6) is -1.56. The Bertz CT molecular complexity index is 717. The molecule has 2 rings (SSSR count). The number of ketones is 2. The number of thioether (sulfide) groups is 1. The van der Waals surface area contributed by atoms with Crippen molar-refractivity contribution < 1.29 is 14.4 Å². The molecule has 4 nitrogen and oxygen atoms in total. The number of hydrogen-bond donors (Lipinski definition) is 1. The Morgan fingerprint density at radius 2 is 1.19 bits per heavy atom. The van der Waals surface area contributed by atoms with Crippen molar-refractivity contribution in [2.75, 3.05) is 11.1 Å². The van der Waals surface area contributed by atoms with E-state index in [1.54, 1.807) is 17.8 Å². The van der Waals surface area contributed by atoms with Gasteiger partial charge in [0, 0.05) is 4.90 Å². The van der Waals surface area contributed by atoms with E-state index in [1.807, 2.05) is 12.1 Å². The molecule has 0 fully saturated rings. The number of anilines is 1. The SMILES string of the molecule is CCCCCCCCCCCCCCCCCSc1cccc2c1C(=O)C(=O)C(=O)N2. The van der Waals surface area contributed by atoms with Gasteiger partial charge in [0.25, 0.3) is 11.7 Å². The third-order valence-electron chi connectivity index (χ3n) is 5.92. The monoisotopic (exact) mass is 445 g/mol. The van der Waals surface area contributed by atoms with E-state index in [-0.39, 0.29) is 0 Å². The van der Waals surface area contributed by atoms with Crippen LogP contribution in [0, 0.1) is 0 Å². The van der Waals surface area contributed by atoms with Gasteiger partial charge in [-0.3, -0.25) is 14.4 Å². The minimum absolute atomic E-state index is 0.359. The molecule has 0 unspecified atom stereocenters. The van der Waals surface area contributed by atoms with Gasteiger partial charge in [-0.2, -0.15) is 0 Å². The summed E-state index contributed by atoms with van der Waals surface area (Å²) < 4.78 is 0. The summed E-state index contributed by atoms with van der Waals surface area (Å²) in [6, 6.07) is 5.35. The average Bonchev–Trinajstić information content (AvgIpc) is 2.77. The molecule has 0 spiro atoms. The number of Topliss-reactive ketones (excluding diaryl/α,β-unsaturated/α-hetero) is 2. The molecule has 0 aromatic heterocycles. The van der Waals surface area contributed by atoms with Gasteiger partial charge in [0.05, 0.1) is 11.3 Å². The van der Waals surface area contributed by atoms with Gasteiger partial charge in [-0.05, 0) is 24.3 Å². The number of amides is 1. The van der Waals surface area contributed by atoms with Gasteiger partial charge in [-0.15, -0.1) is 11.8 Å². The lowest BCUT2D eigenvalue weighted by Crippen LogP contribution is -2.35. The molecule has 0 bridgehead atoms. The van der Waals surface area contributed by atoms with E-state index in [1.165, 1.54) is 89.9 Å². The van der Waals surface area contributed by atoms with Crippen LogP contribution in [0.15, 0.2) is 23.1 Å². The number of fused-ring (bicyclic) bond motifs is 1. The molecule has 0 atom stereocenters. The van der Waals surface area contributed by atoms with Crippen molar-refractivity contribution in [1.82, 2.24) is 0 Å². The summed E-state index contributed by atoms with van der Waals surface area (Å²) in [4.78, 5) is 36.2. The highest BCUT2D eigenvalue weighted by atomic mass is 32.2. The van der Waals surface area contributed by atoms with E-state index in [4.69, 9.17) is 0 Å². The predicted molar refractivity (Wildman–Crippen MR) is 130 cm³/mol. The highest BCUT2D eigenvalue weighted by molar-refractivity contribution is 7.99. The molecule has 1 aliphatic heterocycles. The van der Waals surface area contributed by atoms with Gasteiger partial charge < -0.3 is 5.32 Å². The first-order chi connectivity index (χ1) is 15.1. The molecule has 1 aliphatic rings. The van der Waals surface area contributed by atoms with Gasteiger partial charge >= 0.3 is 0 Å². The van der Waals surface area contributed by atoms with Crippen LogP contribution in [0.5, 0.6) is 0 Å². The van der Waals surface area contributed by atoms with Crippen LogP contribution < -0.4 is 5.32 Å². The fourth-order valence-corrected chi connectivity index (χ4v) is 5.13. The minimum atomic E-state index is -0.965. The topological polar surface area (TPSA) is 63.2 Å². The summed E-state index contributed by atoms with van der Waals surface area (Å²) >= 11 is 1.60. The molecule has 0 saturated carbocycles. The van der Waals surface area contributed by atoms with Crippen LogP contribution in [-0.4, -0.2) is 23.2 Å². The van der Waals surface area contributed by atoms with E-state index in [0.717, 1.165) is 17.1 Å². The Labute approximate surface area is 192 Å². The number of benzene rings is 1. The highest BCUT2D eigenvalue weighted by Gasteiger charge is 2.33. The lowest BCUT2D eigenvalue weighted by Gasteiger charge is -2.17. The van der Waals surface area contributed by atoms with Gasteiger partial charge in [0.1, 0.15) is 0 Å². The summed E-state index contributed by atoms with van der Waals surface area (Å²) in [6.07, 6.45) is 20.2. The van der Waals surface area contributed by atoms with E-state index in [9.17, 15) is 14.4 Å². The molecule has 1 heterocycles. The second-order valence-corrected chi connectivity index (χ2v) is 9.73. The van der Waals surface area contributed by atoms with Crippen molar-refractivity contribution in [3.05, 3.63) is 23.8 Å². The number of carbonyl (C=O) groups excluding carboxylic acids is 3. The van der Waals surface area contributed by atoms with Gasteiger partial charge in [0.15, 0.2) is 0 Å². The molecular formula is C26H39NO3S. The molecule has 31 heavy (non-hydrogen) atoms. The molecule has 1 amide bonds. The largest absolute Gasteiger partial charge is 0.318 e. The Kier molecular flexibility index (Phi) is 12.6. The molecule has 172 valence electrons. The summed E-state index contributed by atoms with van der Waals surface area (Å²) in [7, 11) is 0. The van der Waals surface area contributed by atoms with Crippen LogP contribution in [0.4, 0.5) is 5.69 Å². The number of nitrogens with one attached hydrogen (secondary N) is 1. The van der Waals surface area contributed by atoms with Crippen molar-refractivity contribution >= 4 is 34.9 Å². The number of carbonyl (C=O) groups is 3. The molecule has 0 aliphatic carbocycles. The quantitative estimate of drug-likeness (QED) is 0.155. The van der Waals surface area contributed by atoms with Crippen LogP contribution in [-0.2, 0) is 9.59 Å². The smallest absolute Gasteiger partial charge is 0.300 e. The standard InChI is InChI=1S/C26H39NO3S/c1-2-3-4-5-6-7-8-9-10-11-12-13-14-15-16-20-31-22-19-17-18-21-23(22)24(28)25(29)26(30)27-21/h17-19H,2-16,20H2,1H3,(H,27,30). The van der Waals surface area contributed by atoms with E-state index >= 15 is 0 Å². The number of unbranched alkanes of at least 4 members (excludes halogenated alkanes) is 14. The van der Waals surface area contributed by atoms with E-state index in [0.29, 0.717) is 11.3 Å². The maximum Gasteiger partial charge on any atom is 0.300 e. The maximum atomic E-state index is 12.2. The van der Waals surface area contributed by atoms with Crippen LogP contribution in [0.25, 0.3) is 0 Å². The number of rotatable bonds is 17. The first-order valence-electron chi connectivity index (χ1n) is 12.3. The third-order valence-corrected chi connectivity index (χ3v) is 7.06. The molecule has 0 radical (unpaired) electrons. The summed E-state index contributed by atoms with van der Waals surface area (Å²) in [5, 5.41) is 2.51. The molecule has 1 aromatic rings. The van der Waals surface area contributed by atoms with Gasteiger partial charge in [0.2, 0.25) is 5.78 Å². The molecule has 5 heteroatoms. The Balaban J connectivity index is 1.47. The van der Waals surface area contributed by atoms with Crippen LogP contribution in [0.1, 0.15) is 114 Å². The Morgan fingerprint density at radius 1 is 0.677 bits per heavy atom. The fraction of sp³-hybridized carbons (Fsp3) is 0.654. The number of hydrogen-bond acceptors (Lipinski definition) is 4. The minimum Gasteiger partial charge on any atom is -0.318 e. The first kappa shape index (κ1) is 25.6. The zero-order valence-corrected chi connectivity index (χ0v) is 20.0. The van der Waals surface area contributed by atoms with Crippen molar-refractivity contribution in [2.24, 2.45) is 0 Å². The second kappa shape index (κ2) is 15.2. The summed E-state index contributed by atoms with van der Waals surface area (Å²) in [5.41, 5.74) is 0.814. The zero-order chi connectivity index (χ0) is 22.3. The first-order valence-corrected chi connectivity index (χ1v) is 13.3. The Hall–Kier alpha value is -1.62. The van der Waals surface area contributed by atoms with Crippen LogP contribution >= 0.6 is 11.8 Å². The second-order valence-electron chi connectivity index (χ2n) is 8.59. The fourth-order valence-electron chi connectivity index (χ4n) is 4.04. The molecule has 0 saturated heterocycles. The lowest BCUT2D eigenvalue weighted by atomic mass is 10.0. The zero-order valence-electron chi connectivity index (χ0n) is 19.2. The van der Waals surface area contributed by atoms with Crippen molar-refractivity contribution in [2.45, 2.75) is 108 Å². The third kappa shape index (κ3) is 9.18. The highest BCUT2D eigenvalue weighted by Crippen LogP contribution is 2.32. The molecule has 1 N–H and O–H groups in total. The predicted octanol–water partition coefficient (Wildman–Crippen LogP) is 7.35. The Morgan fingerprint density at radius 3 is 1.74 bits per heavy atom. The van der Waals surface area contributed by atoms with Crippen LogP contribution in [0.3, 0.4) is 0 Å². The van der Waals surface area contributed by atoms with Crippen LogP contribution in [0.2, 0.25) is 0 Å². The lowest BCUT2D eigenvalue weighted by molar-refractivity contribution is -0.132. The normalized spacial score (nSPS) is 13.4. The van der Waals surface area contributed by atoms with Crippen molar-refractivity contribution in [1.29, 1.82) is 0 Å². The molecule has 1 aromatic carbocycles.